The van der Waals surface area contributed by atoms with E-state index < -0.39 is 0 Å². The molecular weight excluding hydrogens is 318 g/mol. The molecule has 0 aliphatic heterocycles. The average molecular weight is 335 g/mol. The Hall–Kier alpha value is -2.45. The van der Waals surface area contributed by atoms with Crippen LogP contribution < -0.4 is 4.74 Å². The summed E-state index contributed by atoms with van der Waals surface area (Å²) in [6.07, 6.45) is 5.01. The second-order valence-electron chi connectivity index (χ2n) is 6.31. The quantitative estimate of drug-likeness (QED) is 0.717. The summed E-state index contributed by atoms with van der Waals surface area (Å²) in [6, 6.07) is 9.58. The summed E-state index contributed by atoms with van der Waals surface area (Å²) in [7, 11) is 0. The molecule has 5 heteroatoms. The first-order chi connectivity index (χ1) is 11.7. The van der Waals surface area contributed by atoms with E-state index in [0.29, 0.717) is 18.1 Å². The van der Waals surface area contributed by atoms with E-state index in [1.165, 1.54) is 16.9 Å². The first-order valence-corrected chi connectivity index (χ1v) is 8.93. The van der Waals surface area contributed by atoms with Crippen molar-refractivity contribution in [1.82, 2.24) is 9.97 Å². The summed E-state index contributed by atoms with van der Waals surface area (Å²) in [4.78, 5) is 11.3. The van der Waals surface area contributed by atoms with Gasteiger partial charge in [0.05, 0.1) is 17.0 Å². The van der Waals surface area contributed by atoms with Crippen LogP contribution in [0.5, 0.6) is 5.88 Å². The van der Waals surface area contributed by atoms with Gasteiger partial charge in [-0.1, -0.05) is 19.1 Å². The van der Waals surface area contributed by atoms with Gasteiger partial charge in [-0.15, -0.1) is 11.3 Å². The lowest BCUT2D eigenvalue weighted by Crippen LogP contribution is -2.09. The van der Waals surface area contributed by atoms with Crippen LogP contribution >= 0.6 is 11.3 Å². The Labute approximate surface area is 144 Å². The molecule has 2 aromatic heterocycles. The number of thiophene rings is 1. The van der Waals surface area contributed by atoms with Gasteiger partial charge in [-0.05, 0) is 48.4 Å². The largest absolute Gasteiger partial charge is 0.472 e. The number of benzene rings is 1. The van der Waals surface area contributed by atoms with Crippen LogP contribution in [-0.4, -0.2) is 9.97 Å². The number of ether oxygens (including phenoxy) is 1. The molecule has 1 aliphatic rings. The van der Waals surface area contributed by atoms with Crippen LogP contribution in [0.2, 0.25) is 0 Å². The molecular formula is C19H17N3OS. The van der Waals surface area contributed by atoms with E-state index in [1.54, 1.807) is 17.7 Å². The molecule has 0 bridgehead atoms. The minimum absolute atomic E-state index is 0.443. The number of rotatable bonds is 3. The number of nitriles is 1. The molecule has 0 fully saturated rings. The zero-order valence-electron chi connectivity index (χ0n) is 13.5. The fourth-order valence-corrected chi connectivity index (χ4v) is 4.52. The van der Waals surface area contributed by atoms with Gasteiger partial charge in [-0.2, -0.15) is 5.26 Å². The number of hydrogen-bond acceptors (Lipinski definition) is 5. The molecule has 1 unspecified atom stereocenters. The molecule has 3 aromatic rings. The van der Waals surface area contributed by atoms with E-state index >= 15 is 0 Å². The van der Waals surface area contributed by atoms with Crippen LogP contribution in [0.3, 0.4) is 0 Å². The van der Waals surface area contributed by atoms with Crippen molar-refractivity contribution in [3.05, 3.63) is 52.2 Å². The highest BCUT2D eigenvalue weighted by Gasteiger charge is 2.23. The first-order valence-electron chi connectivity index (χ1n) is 8.11. The van der Waals surface area contributed by atoms with Crippen molar-refractivity contribution in [2.24, 2.45) is 5.92 Å². The Morgan fingerprint density at radius 1 is 1.29 bits per heavy atom. The van der Waals surface area contributed by atoms with Crippen molar-refractivity contribution in [3.63, 3.8) is 0 Å². The molecule has 24 heavy (non-hydrogen) atoms. The van der Waals surface area contributed by atoms with Crippen LogP contribution in [0.25, 0.3) is 10.2 Å². The monoisotopic (exact) mass is 335 g/mol. The van der Waals surface area contributed by atoms with Gasteiger partial charge < -0.3 is 4.74 Å². The van der Waals surface area contributed by atoms with Gasteiger partial charge in [0, 0.05) is 4.88 Å². The van der Waals surface area contributed by atoms with Gasteiger partial charge in [0.1, 0.15) is 17.8 Å². The van der Waals surface area contributed by atoms with Gasteiger partial charge >= 0.3 is 0 Å². The third kappa shape index (κ3) is 2.74. The zero-order chi connectivity index (χ0) is 16.5. The number of hydrogen-bond donors (Lipinski definition) is 0. The van der Waals surface area contributed by atoms with E-state index in [4.69, 9.17) is 10.00 Å². The maximum atomic E-state index is 8.87. The molecule has 0 N–H and O–H groups in total. The highest BCUT2D eigenvalue weighted by molar-refractivity contribution is 7.18. The van der Waals surface area contributed by atoms with E-state index in [-0.39, 0.29) is 0 Å². The fraction of sp³-hybridized carbons (Fsp3) is 0.316. The van der Waals surface area contributed by atoms with Crippen LogP contribution in [-0.2, 0) is 19.4 Å². The predicted octanol–water partition coefficient (Wildman–Crippen LogP) is 4.27. The van der Waals surface area contributed by atoms with Crippen molar-refractivity contribution in [1.29, 1.82) is 5.26 Å². The summed E-state index contributed by atoms with van der Waals surface area (Å²) in [5.41, 5.74) is 3.06. The van der Waals surface area contributed by atoms with Crippen molar-refractivity contribution in [2.75, 3.05) is 0 Å². The number of nitrogens with zero attached hydrogens (tertiary/aromatic N) is 3. The Kier molecular flexibility index (Phi) is 3.91. The van der Waals surface area contributed by atoms with Crippen molar-refractivity contribution in [2.45, 2.75) is 32.8 Å². The van der Waals surface area contributed by atoms with Crippen LogP contribution in [0.15, 0.2) is 30.6 Å². The van der Waals surface area contributed by atoms with Gasteiger partial charge in [-0.25, -0.2) is 9.97 Å². The molecule has 1 aromatic carbocycles. The maximum absolute atomic E-state index is 8.87. The molecule has 1 aliphatic carbocycles. The SMILES string of the molecule is CC1CCc2c(sc3ncnc(OCc4ccc(C#N)cc4)c23)C1. The summed E-state index contributed by atoms with van der Waals surface area (Å²) in [5, 5.41) is 9.96. The molecule has 0 spiro atoms. The van der Waals surface area contributed by atoms with E-state index in [2.05, 4.69) is 23.0 Å². The van der Waals surface area contributed by atoms with E-state index in [9.17, 15) is 0 Å². The summed E-state index contributed by atoms with van der Waals surface area (Å²) < 4.78 is 6.00. The molecule has 1 atom stereocenters. The Morgan fingerprint density at radius 2 is 2.12 bits per heavy atom. The molecule has 2 heterocycles. The zero-order valence-corrected chi connectivity index (χ0v) is 14.3. The lowest BCUT2D eigenvalue weighted by Gasteiger charge is -2.18. The first kappa shape index (κ1) is 15.1. The molecule has 120 valence electrons. The highest BCUT2D eigenvalue weighted by Crippen LogP contribution is 2.40. The van der Waals surface area contributed by atoms with Crippen LogP contribution in [0.4, 0.5) is 0 Å². The minimum atomic E-state index is 0.443. The van der Waals surface area contributed by atoms with E-state index in [1.807, 2.05) is 24.3 Å². The highest BCUT2D eigenvalue weighted by atomic mass is 32.1. The lowest BCUT2D eigenvalue weighted by molar-refractivity contribution is 0.297. The second kappa shape index (κ2) is 6.21. The second-order valence-corrected chi connectivity index (χ2v) is 7.39. The van der Waals surface area contributed by atoms with Crippen molar-refractivity contribution >= 4 is 21.6 Å². The number of fused-ring (bicyclic) bond motifs is 3. The fourth-order valence-electron chi connectivity index (χ4n) is 3.18. The average Bonchev–Trinajstić information content (AvgIpc) is 2.98. The van der Waals surface area contributed by atoms with Gasteiger partial charge in [-0.3, -0.25) is 0 Å². The third-order valence-electron chi connectivity index (χ3n) is 4.52. The summed E-state index contributed by atoms with van der Waals surface area (Å²) in [5.74, 6) is 1.41. The standard InChI is InChI=1S/C19H17N3OS/c1-12-2-7-15-16(8-12)24-19-17(15)18(21-11-22-19)23-10-14-5-3-13(9-20)4-6-14/h3-6,11-12H,2,7-8,10H2,1H3. The minimum Gasteiger partial charge on any atom is -0.472 e. The Balaban J connectivity index is 1.63. The van der Waals surface area contributed by atoms with Crippen molar-refractivity contribution in [3.8, 4) is 11.9 Å². The Morgan fingerprint density at radius 3 is 2.92 bits per heavy atom. The lowest BCUT2D eigenvalue weighted by atomic mass is 9.89. The molecule has 4 rings (SSSR count). The smallest absolute Gasteiger partial charge is 0.225 e. The van der Waals surface area contributed by atoms with Crippen molar-refractivity contribution < 1.29 is 4.74 Å². The van der Waals surface area contributed by atoms with E-state index in [0.717, 1.165) is 34.5 Å². The normalized spacial score (nSPS) is 16.6. The molecule has 0 saturated heterocycles. The van der Waals surface area contributed by atoms with Gasteiger partial charge in [0.2, 0.25) is 5.88 Å². The molecule has 4 nitrogen and oxygen atoms in total. The summed E-state index contributed by atoms with van der Waals surface area (Å²) >= 11 is 1.78. The number of aromatic nitrogens is 2. The number of aryl methyl sites for hydroxylation is 1. The van der Waals surface area contributed by atoms with Gasteiger partial charge in [0.25, 0.3) is 0 Å². The topological polar surface area (TPSA) is 58.8 Å². The third-order valence-corrected chi connectivity index (χ3v) is 5.68. The molecule has 0 radical (unpaired) electrons. The van der Waals surface area contributed by atoms with Gasteiger partial charge in [0.15, 0.2) is 0 Å². The maximum Gasteiger partial charge on any atom is 0.225 e. The van der Waals surface area contributed by atoms with Crippen LogP contribution in [0, 0.1) is 17.2 Å². The predicted molar refractivity (Wildman–Crippen MR) is 94.1 cm³/mol. The Bertz CT molecular complexity index is 924. The summed E-state index contributed by atoms with van der Waals surface area (Å²) in [6.45, 7) is 2.75. The molecule has 0 saturated carbocycles. The molecule has 0 amide bonds. The van der Waals surface area contributed by atoms with Crippen LogP contribution in [0.1, 0.15) is 34.9 Å².